The van der Waals surface area contributed by atoms with Gasteiger partial charge in [-0.2, -0.15) is 0 Å². The summed E-state index contributed by atoms with van der Waals surface area (Å²) in [4.78, 5) is 10.1. The minimum Gasteiger partial charge on any atom is -0.233 e. The van der Waals surface area contributed by atoms with Crippen LogP contribution in [-0.2, 0) is 0 Å². The molecule has 0 saturated heterocycles. The van der Waals surface area contributed by atoms with E-state index in [-0.39, 0.29) is 0 Å². The van der Waals surface area contributed by atoms with Crippen LogP contribution in [0.1, 0.15) is 49.4 Å². The molecular weight excluding hydrogens is 512 g/mol. The van der Waals surface area contributed by atoms with E-state index in [4.69, 9.17) is 9.98 Å². The van der Waals surface area contributed by atoms with Gasteiger partial charge in [0.1, 0.15) is 0 Å². The molecule has 0 aromatic heterocycles. The van der Waals surface area contributed by atoms with E-state index in [1.165, 1.54) is 11.1 Å². The molecular formula is C27H26Br2N2. The number of rotatable bonds is 5. The standard InChI is InChI=1S/C27H26Br2N2/c1-5-19(3)26(22-12-16-25(29)17-13-22)31-27(23-8-6-18(2)7-9-23)30-20(4)21-10-14-24(28)15-11-21/h6-17H,5H2,1-4H3/b26-19+,30-20?,31-27?. The van der Waals surface area contributed by atoms with Crippen LogP contribution in [0.15, 0.2) is 97.3 Å². The van der Waals surface area contributed by atoms with Crippen LogP contribution in [0.3, 0.4) is 0 Å². The molecule has 0 aliphatic carbocycles. The Hall–Kier alpha value is -2.30. The summed E-state index contributed by atoms with van der Waals surface area (Å²) in [5, 5.41) is 0. The molecule has 2 nitrogen and oxygen atoms in total. The summed E-state index contributed by atoms with van der Waals surface area (Å²) in [6.45, 7) is 8.42. The zero-order valence-corrected chi connectivity index (χ0v) is 21.5. The van der Waals surface area contributed by atoms with Gasteiger partial charge in [0, 0.05) is 25.8 Å². The van der Waals surface area contributed by atoms with Gasteiger partial charge in [-0.15, -0.1) is 0 Å². The quantitative estimate of drug-likeness (QED) is 0.230. The highest BCUT2D eigenvalue weighted by Gasteiger charge is 2.10. The summed E-state index contributed by atoms with van der Waals surface area (Å²) in [6.07, 6.45) is 0.922. The first-order chi connectivity index (χ1) is 14.9. The predicted molar refractivity (Wildman–Crippen MR) is 141 cm³/mol. The Kier molecular flexibility index (Phi) is 8.16. The first kappa shape index (κ1) is 23.4. The molecule has 0 radical (unpaired) electrons. The zero-order valence-electron chi connectivity index (χ0n) is 18.3. The van der Waals surface area contributed by atoms with Crippen molar-refractivity contribution in [3.05, 3.63) is 110 Å². The molecule has 3 aromatic carbocycles. The largest absolute Gasteiger partial charge is 0.233 e. The maximum Gasteiger partial charge on any atom is 0.160 e. The lowest BCUT2D eigenvalue weighted by Crippen LogP contribution is -2.05. The Balaban J connectivity index is 2.17. The maximum absolute atomic E-state index is 5.11. The molecule has 0 bridgehead atoms. The molecule has 4 heteroatoms. The molecule has 0 heterocycles. The van der Waals surface area contributed by atoms with Gasteiger partial charge in [-0.25, -0.2) is 9.98 Å². The molecule has 31 heavy (non-hydrogen) atoms. The summed E-state index contributed by atoms with van der Waals surface area (Å²) >= 11 is 7.03. The monoisotopic (exact) mass is 536 g/mol. The van der Waals surface area contributed by atoms with E-state index in [0.717, 1.165) is 43.5 Å². The van der Waals surface area contributed by atoms with E-state index in [9.17, 15) is 0 Å². The highest BCUT2D eigenvalue weighted by Crippen LogP contribution is 2.25. The summed E-state index contributed by atoms with van der Waals surface area (Å²) in [5.74, 6) is 0.714. The molecule has 0 N–H and O–H groups in total. The molecule has 0 unspecified atom stereocenters. The van der Waals surface area contributed by atoms with Crippen molar-refractivity contribution in [1.82, 2.24) is 0 Å². The van der Waals surface area contributed by atoms with Crippen LogP contribution in [0.4, 0.5) is 0 Å². The fourth-order valence-corrected chi connectivity index (χ4v) is 3.59. The maximum atomic E-state index is 5.11. The molecule has 158 valence electrons. The first-order valence-electron chi connectivity index (χ1n) is 10.3. The lowest BCUT2D eigenvalue weighted by Gasteiger charge is -2.11. The number of hydrogen-bond donors (Lipinski definition) is 0. The van der Waals surface area contributed by atoms with Crippen LogP contribution >= 0.6 is 31.9 Å². The molecule has 3 aromatic rings. The smallest absolute Gasteiger partial charge is 0.160 e. The van der Waals surface area contributed by atoms with Gasteiger partial charge < -0.3 is 0 Å². The lowest BCUT2D eigenvalue weighted by molar-refractivity contribution is 1.09. The molecule has 0 amide bonds. The third-order valence-electron chi connectivity index (χ3n) is 5.12. The number of aliphatic imine (C=N–C) groups is 2. The van der Waals surface area contributed by atoms with Gasteiger partial charge in [0.2, 0.25) is 0 Å². The van der Waals surface area contributed by atoms with Crippen LogP contribution in [0.5, 0.6) is 0 Å². The van der Waals surface area contributed by atoms with Crippen LogP contribution in [-0.4, -0.2) is 11.5 Å². The van der Waals surface area contributed by atoms with Crippen LogP contribution < -0.4 is 0 Å². The minimum absolute atomic E-state index is 0.714. The van der Waals surface area contributed by atoms with Crippen molar-refractivity contribution >= 4 is 49.1 Å². The molecule has 0 spiro atoms. The molecule has 0 aliphatic rings. The Morgan fingerprint density at radius 2 is 1.16 bits per heavy atom. The number of halogens is 2. The van der Waals surface area contributed by atoms with Crippen molar-refractivity contribution in [2.24, 2.45) is 9.98 Å². The third-order valence-corrected chi connectivity index (χ3v) is 6.17. The topological polar surface area (TPSA) is 24.7 Å². The summed E-state index contributed by atoms with van der Waals surface area (Å²) in [7, 11) is 0. The van der Waals surface area contributed by atoms with Gasteiger partial charge in [-0.05, 0) is 62.6 Å². The van der Waals surface area contributed by atoms with Gasteiger partial charge in [0.05, 0.1) is 5.70 Å². The van der Waals surface area contributed by atoms with Crippen molar-refractivity contribution in [2.45, 2.75) is 34.1 Å². The van der Waals surface area contributed by atoms with Crippen molar-refractivity contribution < 1.29 is 0 Å². The Labute approximate surface area is 202 Å². The SMILES string of the molecule is CC/C(C)=C(/N=C(N=C(C)c1ccc(Br)cc1)c1ccc(C)cc1)c1ccc(Br)cc1. The third kappa shape index (κ3) is 6.34. The Morgan fingerprint density at radius 3 is 1.68 bits per heavy atom. The van der Waals surface area contributed by atoms with Gasteiger partial charge in [0.15, 0.2) is 5.84 Å². The normalized spacial score (nSPS) is 13.2. The van der Waals surface area contributed by atoms with Crippen LogP contribution in [0.25, 0.3) is 5.70 Å². The Bertz CT molecular complexity index is 1120. The second kappa shape index (κ2) is 10.8. The number of aryl methyl sites for hydroxylation is 1. The zero-order chi connectivity index (χ0) is 22.4. The fraction of sp³-hybridized carbons (Fsp3) is 0.185. The summed E-state index contributed by atoms with van der Waals surface area (Å²) < 4.78 is 2.10. The number of amidine groups is 1. The van der Waals surface area contributed by atoms with Crippen LogP contribution in [0, 0.1) is 6.92 Å². The van der Waals surface area contributed by atoms with Crippen molar-refractivity contribution in [1.29, 1.82) is 0 Å². The first-order valence-corrected chi connectivity index (χ1v) is 11.9. The lowest BCUT2D eigenvalue weighted by atomic mass is 10.1. The Morgan fingerprint density at radius 1 is 0.677 bits per heavy atom. The minimum atomic E-state index is 0.714. The fourth-order valence-electron chi connectivity index (χ4n) is 3.06. The van der Waals surface area contributed by atoms with E-state index in [0.29, 0.717) is 5.84 Å². The van der Waals surface area contributed by atoms with Crippen molar-refractivity contribution in [3.63, 3.8) is 0 Å². The van der Waals surface area contributed by atoms with Gasteiger partial charge in [-0.3, -0.25) is 0 Å². The average molecular weight is 538 g/mol. The van der Waals surface area contributed by atoms with E-state index in [2.05, 4.69) is 113 Å². The molecule has 0 saturated carbocycles. The van der Waals surface area contributed by atoms with Crippen molar-refractivity contribution in [3.8, 4) is 0 Å². The van der Waals surface area contributed by atoms with Gasteiger partial charge in [0.25, 0.3) is 0 Å². The second-order valence-corrected chi connectivity index (χ2v) is 9.33. The number of nitrogens with zero attached hydrogens (tertiary/aromatic N) is 2. The molecule has 0 fully saturated rings. The number of hydrogen-bond acceptors (Lipinski definition) is 1. The van der Waals surface area contributed by atoms with E-state index < -0.39 is 0 Å². The van der Waals surface area contributed by atoms with Crippen LogP contribution in [0.2, 0.25) is 0 Å². The molecule has 0 atom stereocenters. The summed E-state index contributed by atoms with van der Waals surface area (Å²) in [5.41, 5.74) is 7.50. The second-order valence-electron chi connectivity index (χ2n) is 7.49. The van der Waals surface area contributed by atoms with Gasteiger partial charge >= 0.3 is 0 Å². The summed E-state index contributed by atoms with van der Waals surface area (Å²) in [6, 6.07) is 24.9. The van der Waals surface area contributed by atoms with Crippen molar-refractivity contribution in [2.75, 3.05) is 0 Å². The number of benzene rings is 3. The van der Waals surface area contributed by atoms with Gasteiger partial charge in [-0.1, -0.05) is 92.9 Å². The van der Waals surface area contributed by atoms with E-state index in [1.807, 2.05) is 19.1 Å². The molecule has 3 rings (SSSR count). The average Bonchev–Trinajstić information content (AvgIpc) is 2.78. The predicted octanol–water partition coefficient (Wildman–Crippen LogP) is 8.62. The molecule has 0 aliphatic heterocycles. The highest BCUT2D eigenvalue weighted by molar-refractivity contribution is 9.10. The highest BCUT2D eigenvalue weighted by atomic mass is 79.9. The van der Waals surface area contributed by atoms with E-state index >= 15 is 0 Å². The van der Waals surface area contributed by atoms with E-state index in [1.54, 1.807) is 0 Å². The number of allylic oxidation sites excluding steroid dienone is 1.